The van der Waals surface area contributed by atoms with Crippen molar-refractivity contribution in [3.63, 3.8) is 0 Å². The number of hydrogen-bond donors (Lipinski definition) is 3. The van der Waals surface area contributed by atoms with E-state index in [0.717, 1.165) is 37.4 Å². The van der Waals surface area contributed by atoms with Crippen LogP contribution >= 0.6 is 0 Å². The molecule has 11 nitrogen and oxygen atoms in total. The van der Waals surface area contributed by atoms with Crippen molar-refractivity contribution < 1.29 is 68.5 Å². The summed E-state index contributed by atoms with van der Waals surface area (Å²) in [5.41, 5.74) is 6.64. The molecule has 0 bridgehead atoms. The molecule has 1 aliphatic heterocycles. The van der Waals surface area contributed by atoms with Crippen molar-refractivity contribution in [2.45, 2.75) is 49.5 Å². The summed E-state index contributed by atoms with van der Waals surface area (Å²) >= 11 is 0. The number of nitrogens with two attached hydrogens (primary N) is 1. The molecule has 0 unspecified atom stereocenters. The number of rotatable bonds is 12. The molecule has 0 aromatic heterocycles. The lowest BCUT2D eigenvalue weighted by Gasteiger charge is -2.31. The second-order valence-electron chi connectivity index (χ2n) is 11.7. The number of alkyl carbamates (subject to hydrolysis) is 1. The molecule has 3 aromatic carbocycles. The molecule has 1 fully saturated rings. The number of alkyl halides is 6. The van der Waals surface area contributed by atoms with Crippen molar-refractivity contribution in [2.75, 3.05) is 38.3 Å². The van der Waals surface area contributed by atoms with E-state index in [1.54, 1.807) is 5.32 Å². The molecule has 1 aliphatic rings. The first-order valence-electron chi connectivity index (χ1n) is 15.8. The summed E-state index contributed by atoms with van der Waals surface area (Å²) in [5.74, 6) is -4.25. The number of hydrogen-bond acceptors (Lipinski definition) is 9. The van der Waals surface area contributed by atoms with Crippen LogP contribution in [0.15, 0.2) is 66.7 Å². The maximum absolute atomic E-state index is 15.4. The van der Waals surface area contributed by atoms with E-state index in [1.165, 1.54) is 36.4 Å². The van der Waals surface area contributed by atoms with Crippen LogP contribution in [0.2, 0.25) is 0 Å². The summed E-state index contributed by atoms with van der Waals surface area (Å²) < 4.78 is 124. The van der Waals surface area contributed by atoms with Crippen molar-refractivity contribution in [2.24, 2.45) is 5.73 Å². The van der Waals surface area contributed by atoms with Gasteiger partial charge in [-0.05, 0) is 60.4 Å². The highest BCUT2D eigenvalue weighted by molar-refractivity contribution is 6.15. The van der Waals surface area contributed by atoms with Crippen LogP contribution in [0.25, 0.3) is 0 Å². The number of imide groups is 1. The molecule has 0 spiro atoms. The van der Waals surface area contributed by atoms with Gasteiger partial charge < -0.3 is 35.3 Å². The minimum absolute atomic E-state index is 0.0168. The van der Waals surface area contributed by atoms with Crippen molar-refractivity contribution in [3.8, 4) is 5.75 Å². The standard InChI is InChI=1S/C34H34F8N4O7/c1-50-32(49)46(30(47)29(43)28(19-5-9-21(35)10-6-19)20-7-11-23(12-8-20)53-34(40,41)42)27-4-2-3-26(36)25(27)14-13-24-15-44-22(16-51-24)17-52-31(48)45-18-33(37,38)39/h2-12,22,24,28-29,44H,13-18,43H2,1H3,(H,45,48)/t22-,24+,28-,29-/m0/s1. The number of halogens is 8. The van der Waals surface area contributed by atoms with Gasteiger partial charge in [-0.15, -0.1) is 13.2 Å². The molecule has 3 amide bonds. The molecule has 0 saturated carbocycles. The zero-order chi connectivity index (χ0) is 38.9. The molecule has 4 rings (SSSR count). The van der Waals surface area contributed by atoms with Crippen LogP contribution in [-0.2, 0) is 25.4 Å². The third kappa shape index (κ3) is 11.7. The third-order valence-corrected chi connectivity index (χ3v) is 7.99. The van der Waals surface area contributed by atoms with Crippen LogP contribution in [0, 0.1) is 11.6 Å². The van der Waals surface area contributed by atoms with Gasteiger partial charge >= 0.3 is 24.7 Å². The summed E-state index contributed by atoms with van der Waals surface area (Å²) in [6.45, 7) is -1.71. The lowest BCUT2D eigenvalue weighted by molar-refractivity contribution is -0.274. The second-order valence-corrected chi connectivity index (χ2v) is 11.7. The van der Waals surface area contributed by atoms with E-state index in [4.69, 9.17) is 19.9 Å². The predicted octanol–water partition coefficient (Wildman–Crippen LogP) is 5.70. The van der Waals surface area contributed by atoms with Crippen molar-refractivity contribution in [1.29, 1.82) is 0 Å². The van der Waals surface area contributed by atoms with Crippen LogP contribution < -0.4 is 26.0 Å². The number of carbonyl (C=O) groups excluding carboxylic acids is 3. The summed E-state index contributed by atoms with van der Waals surface area (Å²) in [7, 11) is 0.978. The van der Waals surface area contributed by atoms with Gasteiger partial charge in [0.2, 0.25) is 0 Å². The van der Waals surface area contributed by atoms with Crippen LogP contribution in [0.4, 0.5) is 50.4 Å². The number of anilines is 1. The highest BCUT2D eigenvalue weighted by Crippen LogP contribution is 2.34. The lowest BCUT2D eigenvalue weighted by atomic mass is 9.84. The van der Waals surface area contributed by atoms with Gasteiger partial charge in [-0.1, -0.05) is 30.3 Å². The molecule has 19 heteroatoms. The number of nitrogens with zero attached hydrogens (tertiary/aromatic N) is 1. The fourth-order valence-electron chi connectivity index (χ4n) is 5.51. The highest BCUT2D eigenvalue weighted by atomic mass is 19.4. The minimum atomic E-state index is -4.98. The zero-order valence-electron chi connectivity index (χ0n) is 27.8. The van der Waals surface area contributed by atoms with Gasteiger partial charge in [0, 0.05) is 18.0 Å². The van der Waals surface area contributed by atoms with Crippen LogP contribution in [0.5, 0.6) is 5.75 Å². The van der Waals surface area contributed by atoms with E-state index in [0.29, 0.717) is 4.90 Å². The predicted molar refractivity (Wildman–Crippen MR) is 171 cm³/mol. The Labute approximate surface area is 297 Å². The van der Waals surface area contributed by atoms with E-state index in [-0.39, 0.29) is 55.0 Å². The molecular formula is C34H34F8N4O7. The highest BCUT2D eigenvalue weighted by Gasteiger charge is 2.38. The van der Waals surface area contributed by atoms with Gasteiger partial charge in [0.15, 0.2) is 0 Å². The van der Waals surface area contributed by atoms with Crippen LogP contribution in [0.3, 0.4) is 0 Å². The molecule has 1 heterocycles. The van der Waals surface area contributed by atoms with Crippen molar-refractivity contribution in [1.82, 2.24) is 10.6 Å². The summed E-state index contributed by atoms with van der Waals surface area (Å²) in [4.78, 5) is 39.4. The number of benzene rings is 3. The summed E-state index contributed by atoms with van der Waals surface area (Å²) in [6, 6.07) is 10.6. The van der Waals surface area contributed by atoms with Gasteiger partial charge in [-0.2, -0.15) is 13.2 Å². The summed E-state index contributed by atoms with van der Waals surface area (Å²) in [5, 5.41) is 4.60. The van der Waals surface area contributed by atoms with E-state index >= 15 is 4.39 Å². The number of amides is 3. The van der Waals surface area contributed by atoms with E-state index in [2.05, 4.69) is 10.1 Å². The number of carbonyl (C=O) groups is 3. The summed E-state index contributed by atoms with van der Waals surface area (Å²) in [6.07, 6.45) is -12.6. The second kappa shape index (κ2) is 17.7. The van der Waals surface area contributed by atoms with E-state index in [1.807, 2.05) is 0 Å². The maximum Gasteiger partial charge on any atom is 0.573 e. The first kappa shape index (κ1) is 40.8. The monoisotopic (exact) mass is 762 g/mol. The molecule has 288 valence electrons. The Morgan fingerprint density at radius 2 is 1.62 bits per heavy atom. The zero-order valence-corrected chi connectivity index (χ0v) is 27.8. The van der Waals surface area contributed by atoms with Gasteiger partial charge in [-0.25, -0.2) is 23.3 Å². The Bertz CT molecular complexity index is 1700. The minimum Gasteiger partial charge on any atom is -0.452 e. The van der Waals surface area contributed by atoms with Crippen molar-refractivity contribution in [3.05, 3.63) is 95.1 Å². The number of methoxy groups -OCH3 is 1. The maximum atomic E-state index is 15.4. The van der Waals surface area contributed by atoms with E-state index in [9.17, 15) is 45.1 Å². The molecule has 0 radical (unpaired) electrons. The number of nitrogens with one attached hydrogen (secondary N) is 2. The molecule has 3 aromatic rings. The lowest BCUT2D eigenvalue weighted by Crippen LogP contribution is -2.50. The van der Waals surface area contributed by atoms with Gasteiger partial charge in [-0.3, -0.25) is 4.79 Å². The molecular weight excluding hydrogens is 728 g/mol. The molecule has 53 heavy (non-hydrogen) atoms. The average molecular weight is 763 g/mol. The number of morpholine rings is 1. The fourth-order valence-corrected chi connectivity index (χ4v) is 5.51. The Balaban J connectivity index is 1.52. The largest absolute Gasteiger partial charge is 0.573 e. The Morgan fingerprint density at radius 1 is 0.981 bits per heavy atom. The van der Waals surface area contributed by atoms with Crippen LogP contribution in [-0.4, -0.2) is 82.2 Å². The smallest absolute Gasteiger partial charge is 0.452 e. The molecule has 0 aliphatic carbocycles. The SMILES string of the molecule is COC(=O)N(C(=O)[C@@H](N)[C@@H](c1ccc(F)cc1)c1ccc(OC(F)(F)F)cc1)c1cccc(F)c1CC[C@@H]1CN[C@H](COC(=O)NCC(F)(F)F)CO1. The topological polar surface area (TPSA) is 141 Å². The Kier molecular flexibility index (Phi) is 13.6. The first-order chi connectivity index (χ1) is 25.0. The fraction of sp³-hybridized carbons (Fsp3) is 0.382. The quantitative estimate of drug-likeness (QED) is 0.198. The molecule has 4 N–H and O–H groups in total. The van der Waals surface area contributed by atoms with Crippen LogP contribution in [0.1, 0.15) is 29.0 Å². The molecule has 1 saturated heterocycles. The van der Waals surface area contributed by atoms with Gasteiger partial charge in [0.05, 0.1) is 37.6 Å². The van der Waals surface area contributed by atoms with E-state index < -0.39 is 78.7 Å². The normalized spacial score (nSPS) is 17.3. The van der Waals surface area contributed by atoms with Gasteiger partial charge in [0.1, 0.15) is 30.5 Å². The average Bonchev–Trinajstić information content (AvgIpc) is 3.10. The first-order valence-corrected chi connectivity index (χ1v) is 15.8. The third-order valence-electron chi connectivity index (χ3n) is 7.99. The molecule has 4 atom stereocenters. The van der Waals surface area contributed by atoms with Gasteiger partial charge in [0.25, 0.3) is 5.91 Å². The number of ether oxygens (including phenoxy) is 4. The Hall–Kier alpha value is -5.01. The van der Waals surface area contributed by atoms with Crippen molar-refractivity contribution >= 4 is 23.8 Å². The Morgan fingerprint density at radius 3 is 2.19 bits per heavy atom.